The van der Waals surface area contributed by atoms with Gasteiger partial charge in [0.2, 0.25) is 0 Å². The number of hydrogen-bond donors (Lipinski definition) is 1. The number of rotatable bonds is 3. The minimum atomic E-state index is 0.718. The van der Waals surface area contributed by atoms with Crippen LogP contribution in [0, 0.1) is 0 Å². The summed E-state index contributed by atoms with van der Waals surface area (Å²) in [6.07, 6.45) is 0.871. The van der Waals surface area contributed by atoms with Crippen LogP contribution < -0.4 is 5.73 Å². The fourth-order valence-corrected chi connectivity index (χ4v) is 2.28. The lowest BCUT2D eigenvalue weighted by molar-refractivity contribution is 0.202. The number of nitrogens with zero attached hydrogens (tertiary/aromatic N) is 1. The molecule has 0 aliphatic rings. The lowest BCUT2D eigenvalue weighted by Crippen LogP contribution is -1.92. The van der Waals surface area contributed by atoms with E-state index in [9.17, 15) is 0 Å². The van der Waals surface area contributed by atoms with Gasteiger partial charge >= 0.3 is 0 Å². The van der Waals surface area contributed by atoms with Crippen molar-refractivity contribution in [3.05, 3.63) is 23.2 Å². The van der Waals surface area contributed by atoms with E-state index >= 15 is 0 Å². The second kappa shape index (κ2) is 3.94. The molecule has 1 aromatic carbocycles. The SMILES string of the molecule is COCCc1nc2ccc(N)cc2s1. The summed E-state index contributed by atoms with van der Waals surface area (Å²) < 4.78 is 6.16. The van der Waals surface area contributed by atoms with Gasteiger partial charge in [-0.05, 0) is 18.2 Å². The lowest BCUT2D eigenvalue weighted by atomic mass is 10.3. The zero-order chi connectivity index (χ0) is 9.97. The number of hydrogen-bond acceptors (Lipinski definition) is 4. The van der Waals surface area contributed by atoms with Crippen molar-refractivity contribution in [2.75, 3.05) is 19.5 Å². The number of fused-ring (bicyclic) bond motifs is 1. The van der Waals surface area contributed by atoms with Gasteiger partial charge in [-0.2, -0.15) is 0 Å². The second-order valence-electron chi connectivity index (χ2n) is 3.08. The molecule has 0 fully saturated rings. The predicted molar refractivity (Wildman–Crippen MR) is 59.6 cm³/mol. The number of methoxy groups -OCH3 is 1. The Balaban J connectivity index is 2.32. The highest BCUT2D eigenvalue weighted by Crippen LogP contribution is 2.24. The van der Waals surface area contributed by atoms with E-state index in [2.05, 4.69) is 4.98 Å². The number of anilines is 1. The zero-order valence-corrected chi connectivity index (χ0v) is 8.80. The van der Waals surface area contributed by atoms with E-state index < -0.39 is 0 Å². The number of aromatic nitrogens is 1. The van der Waals surface area contributed by atoms with Gasteiger partial charge in [0.25, 0.3) is 0 Å². The minimum Gasteiger partial charge on any atom is -0.399 e. The van der Waals surface area contributed by atoms with E-state index in [0.29, 0.717) is 0 Å². The largest absolute Gasteiger partial charge is 0.399 e. The summed E-state index contributed by atoms with van der Waals surface area (Å²) in [6, 6.07) is 5.79. The van der Waals surface area contributed by atoms with Crippen molar-refractivity contribution in [2.45, 2.75) is 6.42 Å². The summed E-state index contributed by atoms with van der Waals surface area (Å²) in [7, 11) is 1.70. The first kappa shape index (κ1) is 9.43. The standard InChI is InChI=1S/C10H12N2OS/c1-13-5-4-10-12-8-3-2-7(11)6-9(8)14-10/h2-3,6H,4-5,11H2,1H3. The Kier molecular flexibility index (Phi) is 2.65. The van der Waals surface area contributed by atoms with Crippen LogP contribution in [0.2, 0.25) is 0 Å². The highest BCUT2D eigenvalue weighted by molar-refractivity contribution is 7.18. The highest BCUT2D eigenvalue weighted by atomic mass is 32.1. The van der Waals surface area contributed by atoms with Crippen molar-refractivity contribution in [2.24, 2.45) is 0 Å². The maximum Gasteiger partial charge on any atom is 0.0961 e. The van der Waals surface area contributed by atoms with Crippen molar-refractivity contribution in [3.63, 3.8) is 0 Å². The van der Waals surface area contributed by atoms with Gasteiger partial charge in [-0.15, -0.1) is 11.3 Å². The van der Waals surface area contributed by atoms with Gasteiger partial charge in [-0.1, -0.05) is 0 Å². The zero-order valence-electron chi connectivity index (χ0n) is 7.99. The molecule has 74 valence electrons. The first-order valence-corrected chi connectivity index (χ1v) is 5.25. The summed E-state index contributed by atoms with van der Waals surface area (Å²) in [6.45, 7) is 0.718. The molecule has 3 nitrogen and oxygen atoms in total. The first-order valence-electron chi connectivity index (χ1n) is 4.43. The van der Waals surface area contributed by atoms with E-state index in [-0.39, 0.29) is 0 Å². The molecule has 0 radical (unpaired) electrons. The Bertz CT molecular complexity index is 439. The number of thiazole rings is 1. The van der Waals surface area contributed by atoms with Gasteiger partial charge in [0, 0.05) is 19.2 Å². The first-order chi connectivity index (χ1) is 6.79. The third kappa shape index (κ3) is 1.86. The van der Waals surface area contributed by atoms with Crippen molar-refractivity contribution in [1.82, 2.24) is 4.98 Å². The molecule has 0 saturated carbocycles. The fourth-order valence-electron chi connectivity index (χ4n) is 1.29. The second-order valence-corrected chi connectivity index (χ2v) is 4.19. The smallest absolute Gasteiger partial charge is 0.0961 e. The Morgan fingerprint density at radius 1 is 1.50 bits per heavy atom. The molecule has 0 spiro atoms. The van der Waals surface area contributed by atoms with Gasteiger partial charge in [0.1, 0.15) is 0 Å². The minimum absolute atomic E-state index is 0.718. The van der Waals surface area contributed by atoms with Crippen LogP contribution in [0.5, 0.6) is 0 Å². The number of nitrogen functional groups attached to an aromatic ring is 1. The van der Waals surface area contributed by atoms with Gasteiger partial charge in [0.05, 0.1) is 21.8 Å². The molecule has 4 heteroatoms. The average Bonchev–Trinajstić information content (AvgIpc) is 2.56. The van der Waals surface area contributed by atoms with Gasteiger partial charge in [-0.25, -0.2) is 4.98 Å². The molecule has 2 aromatic rings. The third-order valence-corrected chi connectivity index (χ3v) is 3.05. The van der Waals surface area contributed by atoms with E-state index in [4.69, 9.17) is 10.5 Å². The molecule has 0 aliphatic heterocycles. The summed E-state index contributed by atoms with van der Waals surface area (Å²) in [4.78, 5) is 4.47. The van der Waals surface area contributed by atoms with E-state index in [0.717, 1.165) is 33.9 Å². The van der Waals surface area contributed by atoms with E-state index in [1.165, 1.54) is 0 Å². The van der Waals surface area contributed by atoms with Crippen molar-refractivity contribution in [1.29, 1.82) is 0 Å². The lowest BCUT2D eigenvalue weighted by Gasteiger charge is -1.91. The van der Waals surface area contributed by atoms with Crippen LogP contribution in [0.3, 0.4) is 0 Å². The van der Waals surface area contributed by atoms with Crippen LogP contribution in [-0.4, -0.2) is 18.7 Å². The normalized spacial score (nSPS) is 10.9. The molecular weight excluding hydrogens is 196 g/mol. The van der Waals surface area contributed by atoms with Crippen LogP contribution in [-0.2, 0) is 11.2 Å². The molecule has 0 amide bonds. The molecule has 0 bridgehead atoms. The highest BCUT2D eigenvalue weighted by Gasteiger charge is 2.03. The molecule has 2 rings (SSSR count). The Labute approximate surface area is 86.5 Å². The van der Waals surface area contributed by atoms with Crippen LogP contribution in [0.25, 0.3) is 10.2 Å². The Morgan fingerprint density at radius 2 is 2.36 bits per heavy atom. The summed E-state index contributed by atoms with van der Waals surface area (Å²) in [5, 5.41) is 1.10. The molecule has 2 N–H and O–H groups in total. The predicted octanol–water partition coefficient (Wildman–Crippen LogP) is 2.07. The maximum atomic E-state index is 5.69. The van der Waals surface area contributed by atoms with Crippen molar-refractivity contribution >= 4 is 27.2 Å². The Hall–Kier alpha value is -1.13. The average molecular weight is 208 g/mol. The fraction of sp³-hybridized carbons (Fsp3) is 0.300. The van der Waals surface area contributed by atoms with Gasteiger partial charge in [-0.3, -0.25) is 0 Å². The summed E-state index contributed by atoms with van der Waals surface area (Å²) in [5.74, 6) is 0. The number of benzene rings is 1. The van der Waals surface area contributed by atoms with Crippen LogP contribution in [0.4, 0.5) is 5.69 Å². The van der Waals surface area contributed by atoms with E-state index in [1.807, 2.05) is 18.2 Å². The van der Waals surface area contributed by atoms with Gasteiger partial charge < -0.3 is 10.5 Å². The topological polar surface area (TPSA) is 48.1 Å². The van der Waals surface area contributed by atoms with Crippen LogP contribution >= 0.6 is 11.3 Å². The summed E-state index contributed by atoms with van der Waals surface area (Å²) in [5.41, 5.74) is 7.50. The maximum absolute atomic E-state index is 5.69. The number of nitrogens with two attached hydrogens (primary N) is 1. The van der Waals surface area contributed by atoms with E-state index in [1.54, 1.807) is 18.4 Å². The van der Waals surface area contributed by atoms with Crippen molar-refractivity contribution < 1.29 is 4.74 Å². The number of ether oxygens (including phenoxy) is 1. The third-order valence-electron chi connectivity index (χ3n) is 1.98. The molecule has 0 saturated heterocycles. The molecule has 1 heterocycles. The monoisotopic (exact) mass is 208 g/mol. The van der Waals surface area contributed by atoms with Gasteiger partial charge in [0.15, 0.2) is 0 Å². The molecule has 14 heavy (non-hydrogen) atoms. The summed E-state index contributed by atoms with van der Waals surface area (Å²) >= 11 is 1.68. The quantitative estimate of drug-likeness (QED) is 0.785. The molecule has 1 aromatic heterocycles. The molecule has 0 unspecified atom stereocenters. The molecular formula is C10H12N2OS. The Morgan fingerprint density at radius 3 is 3.14 bits per heavy atom. The molecule has 0 atom stereocenters. The van der Waals surface area contributed by atoms with Crippen LogP contribution in [0.1, 0.15) is 5.01 Å². The van der Waals surface area contributed by atoms with Crippen LogP contribution in [0.15, 0.2) is 18.2 Å². The van der Waals surface area contributed by atoms with Crippen molar-refractivity contribution in [3.8, 4) is 0 Å². The molecule has 0 aliphatic carbocycles.